The van der Waals surface area contributed by atoms with Crippen LogP contribution in [0.15, 0.2) is 24.3 Å². The molecule has 1 aromatic carbocycles. The van der Waals surface area contributed by atoms with E-state index in [1.54, 1.807) is 7.11 Å². The maximum atomic E-state index is 8.77. The van der Waals surface area contributed by atoms with Crippen LogP contribution in [-0.2, 0) is 4.74 Å². The molecule has 0 aliphatic carbocycles. The van der Waals surface area contributed by atoms with Crippen LogP contribution in [0.5, 0.6) is 0 Å². The minimum Gasteiger partial charge on any atom is -0.383 e. The third kappa shape index (κ3) is 4.99. The van der Waals surface area contributed by atoms with E-state index in [4.69, 9.17) is 15.7 Å². The van der Waals surface area contributed by atoms with Crippen molar-refractivity contribution in [3.8, 4) is 6.07 Å². The molecule has 104 valence electrons. The van der Waals surface area contributed by atoms with Gasteiger partial charge in [-0.15, -0.1) is 0 Å². The summed E-state index contributed by atoms with van der Waals surface area (Å²) in [7, 11) is 1.69. The van der Waals surface area contributed by atoms with Gasteiger partial charge in [-0.3, -0.25) is 4.90 Å². The quantitative estimate of drug-likeness (QED) is 0.776. The Balaban J connectivity index is 2.85. The third-order valence-electron chi connectivity index (χ3n) is 3.18. The molecule has 0 radical (unpaired) electrons. The molecule has 0 aliphatic rings. The van der Waals surface area contributed by atoms with E-state index in [9.17, 15) is 0 Å². The number of hydrogen-bond acceptors (Lipinski definition) is 4. The molecular weight excluding hydrogens is 238 g/mol. The predicted molar refractivity (Wildman–Crippen MR) is 76.7 cm³/mol. The highest BCUT2D eigenvalue weighted by Gasteiger charge is 2.18. The molecule has 2 N–H and O–H groups in total. The van der Waals surface area contributed by atoms with Crippen molar-refractivity contribution < 1.29 is 4.74 Å². The molecule has 0 spiro atoms. The lowest BCUT2D eigenvalue weighted by molar-refractivity contribution is 0.123. The highest BCUT2D eigenvalue weighted by atomic mass is 16.5. The Morgan fingerprint density at radius 2 is 2.21 bits per heavy atom. The van der Waals surface area contributed by atoms with E-state index in [2.05, 4.69) is 36.1 Å². The number of nitriles is 1. The molecule has 1 aromatic rings. The van der Waals surface area contributed by atoms with Crippen LogP contribution in [0.4, 0.5) is 0 Å². The topological polar surface area (TPSA) is 62.3 Å². The summed E-state index contributed by atoms with van der Waals surface area (Å²) in [6.07, 6.45) is 0.506. The maximum Gasteiger partial charge on any atom is 0.0635 e. The number of nitrogens with two attached hydrogens (primary N) is 1. The van der Waals surface area contributed by atoms with Gasteiger partial charge in [0.15, 0.2) is 0 Å². The number of hydrogen-bond donors (Lipinski definition) is 1. The van der Waals surface area contributed by atoms with E-state index >= 15 is 0 Å². The fourth-order valence-electron chi connectivity index (χ4n) is 2.20. The number of nitrogens with zero attached hydrogens (tertiary/aromatic N) is 2. The number of rotatable bonds is 8. The van der Waals surface area contributed by atoms with Crippen LogP contribution in [0.25, 0.3) is 0 Å². The van der Waals surface area contributed by atoms with E-state index in [0.717, 1.165) is 13.1 Å². The average Bonchev–Trinajstić information content (AvgIpc) is 2.42. The summed E-state index contributed by atoms with van der Waals surface area (Å²) >= 11 is 0. The second kappa shape index (κ2) is 8.65. The molecule has 1 rings (SSSR count). The van der Waals surface area contributed by atoms with Gasteiger partial charge < -0.3 is 10.5 Å². The molecule has 1 unspecified atom stereocenters. The first kappa shape index (κ1) is 15.6. The van der Waals surface area contributed by atoms with Gasteiger partial charge in [-0.1, -0.05) is 29.8 Å². The van der Waals surface area contributed by atoms with Crippen molar-refractivity contribution in [2.75, 3.05) is 33.4 Å². The molecule has 0 aromatic heterocycles. The lowest BCUT2D eigenvalue weighted by Gasteiger charge is -2.30. The monoisotopic (exact) mass is 261 g/mol. The van der Waals surface area contributed by atoms with Gasteiger partial charge in [0.05, 0.1) is 12.7 Å². The lowest BCUT2D eigenvalue weighted by atomic mass is 10.0. The summed E-state index contributed by atoms with van der Waals surface area (Å²) in [6, 6.07) is 10.7. The summed E-state index contributed by atoms with van der Waals surface area (Å²) in [6.45, 7) is 4.77. The Kier molecular flexibility index (Phi) is 7.12. The first-order valence-corrected chi connectivity index (χ1v) is 6.59. The lowest BCUT2D eigenvalue weighted by Crippen LogP contribution is -2.36. The van der Waals surface area contributed by atoms with Gasteiger partial charge in [0, 0.05) is 39.2 Å². The van der Waals surface area contributed by atoms with Crippen LogP contribution >= 0.6 is 0 Å². The smallest absolute Gasteiger partial charge is 0.0635 e. The fraction of sp³-hybridized carbons (Fsp3) is 0.533. The Morgan fingerprint density at radius 3 is 2.79 bits per heavy atom. The van der Waals surface area contributed by atoms with Crippen LogP contribution in [0, 0.1) is 18.3 Å². The maximum absolute atomic E-state index is 8.77. The molecule has 0 saturated heterocycles. The van der Waals surface area contributed by atoms with E-state index < -0.39 is 0 Å². The highest BCUT2D eigenvalue weighted by molar-refractivity contribution is 5.25. The number of ether oxygens (including phenoxy) is 1. The van der Waals surface area contributed by atoms with Crippen molar-refractivity contribution in [3.05, 3.63) is 35.4 Å². The second-order valence-corrected chi connectivity index (χ2v) is 4.60. The van der Waals surface area contributed by atoms with Crippen LogP contribution in [0.2, 0.25) is 0 Å². The van der Waals surface area contributed by atoms with E-state index in [-0.39, 0.29) is 6.04 Å². The number of benzene rings is 1. The molecule has 0 aliphatic heterocycles. The van der Waals surface area contributed by atoms with E-state index in [1.807, 2.05) is 6.07 Å². The zero-order valence-corrected chi connectivity index (χ0v) is 11.8. The first-order chi connectivity index (χ1) is 9.22. The van der Waals surface area contributed by atoms with Crippen LogP contribution < -0.4 is 5.73 Å². The van der Waals surface area contributed by atoms with Gasteiger partial charge in [-0.2, -0.15) is 5.26 Å². The summed E-state index contributed by atoms with van der Waals surface area (Å²) in [5.74, 6) is 0. The van der Waals surface area contributed by atoms with Crippen LogP contribution in [0.3, 0.4) is 0 Å². The zero-order valence-electron chi connectivity index (χ0n) is 11.8. The van der Waals surface area contributed by atoms with Gasteiger partial charge >= 0.3 is 0 Å². The van der Waals surface area contributed by atoms with E-state index in [0.29, 0.717) is 19.6 Å². The fourth-order valence-corrected chi connectivity index (χ4v) is 2.20. The van der Waals surface area contributed by atoms with Crippen molar-refractivity contribution in [3.63, 3.8) is 0 Å². The molecule has 0 amide bonds. The summed E-state index contributed by atoms with van der Waals surface area (Å²) in [5.41, 5.74) is 8.36. The Hall–Kier alpha value is -1.41. The predicted octanol–water partition coefficient (Wildman–Crippen LogP) is 1.86. The Morgan fingerprint density at radius 1 is 1.42 bits per heavy atom. The first-order valence-electron chi connectivity index (χ1n) is 6.59. The van der Waals surface area contributed by atoms with Crippen molar-refractivity contribution in [1.82, 2.24) is 4.90 Å². The molecular formula is C15H23N3O. The minimum atomic E-state index is 0.142. The van der Waals surface area contributed by atoms with E-state index in [1.165, 1.54) is 11.1 Å². The van der Waals surface area contributed by atoms with Gasteiger partial charge in [0.1, 0.15) is 0 Å². The average molecular weight is 261 g/mol. The van der Waals surface area contributed by atoms with Crippen molar-refractivity contribution in [2.45, 2.75) is 19.4 Å². The normalized spacial score (nSPS) is 12.4. The Labute approximate surface area is 115 Å². The summed E-state index contributed by atoms with van der Waals surface area (Å²) in [4.78, 5) is 2.22. The largest absolute Gasteiger partial charge is 0.383 e. The molecule has 19 heavy (non-hydrogen) atoms. The minimum absolute atomic E-state index is 0.142. The number of methoxy groups -OCH3 is 1. The molecule has 1 atom stereocenters. The molecule has 0 bridgehead atoms. The Bertz CT molecular complexity index is 414. The van der Waals surface area contributed by atoms with Crippen molar-refractivity contribution in [1.29, 1.82) is 5.26 Å². The van der Waals surface area contributed by atoms with Gasteiger partial charge in [0.2, 0.25) is 0 Å². The SMILES string of the molecule is COCCN(CCC#N)C(CN)c1cccc(C)c1. The second-order valence-electron chi connectivity index (χ2n) is 4.60. The number of aryl methyl sites for hydroxylation is 1. The van der Waals surface area contributed by atoms with Crippen LogP contribution in [-0.4, -0.2) is 38.3 Å². The van der Waals surface area contributed by atoms with Gasteiger partial charge in [-0.25, -0.2) is 0 Å². The highest BCUT2D eigenvalue weighted by Crippen LogP contribution is 2.20. The molecule has 0 heterocycles. The summed E-state index contributed by atoms with van der Waals surface area (Å²) in [5, 5.41) is 8.77. The molecule has 4 heteroatoms. The molecule has 4 nitrogen and oxygen atoms in total. The van der Waals surface area contributed by atoms with Crippen molar-refractivity contribution >= 4 is 0 Å². The molecule has 0 fully saturated rings. The van der Waals surface area contributed by atoms with Crippen molar-refractivity contribution in [2.24, 2.45) is 5.73 Å². The summed E-state index contributed by atoms with van der Waals surface area (Å²) < 4.78 is 5.14. The molecule has 0 saturated carbocycles. The zero-order chi connectivity index (χ0) is 14.1. The standard InChI is InChI=1S/C15H23N3O/c1-13-5-3-6-14(11-13)15(12-17)18(8-4-7-16)9-10-19-2/h3,5-6,11,15H,4,8-10,12,17H2,1-2H3. The van der Waals surface area contributed by atoms with Gasteiger partial charge in [-0.05, 0) is 12.5 Å². The van der Waals surface area contributed by atoms with Crippen LogP contribution in [0.1, 0.15) is 23.6 Å². The third-order valence-corrected chi connectivity index (χ3v) is 3.18. The van der Waals surface area contributed by atoms with Gasteiger partial charge in [0.25, 0.3) is 0 Å².